The van der Waals surface area contributed by atoms with Crippen molar-refractivity contribution in [1.82, 2.24) is 5.16 Å². The lowest BCUT2D eigenvalue weighted by Crippen LogP contribution is -2.04. The molecule has 1 fully saturated rings. The third-order valence-corrected chi connectivity index (χ3v) is 3.07. The highest BCUT2D eigenvalue weighted by Gasteiger charge is 2.19. The van der Waals surface area contributed by atoms with E-state index in [1.165, 1.54) is 32.1 Å². The molecule has 0 bridgehead atoms. The minimum atomic E-state index is 0.485. The molecule has 84 valence electrons. The zero-order chi connectivity index (χ0) is 10.5. The first-order valence-electron chi connectivity index (χ1n) is 5.67. The highest BCUT2D eigenvalue weighted by molar-refractivity contribution is 5.11. The largest absolute Gasteiger partial charge is 0.361 e. The van der Waals surface area contributed by atoms with Gasteiger partial charge in [-0.2, -0.15) is 0 Å². The van der Waals surface area contributed by atoms with Crippen LogP contribution >= 0.6 is 0 Å². The van der Waals surface area contributed by atoms with Gasteiger partial charge in [0.15, 0.2) is 0 Å². The van der Waals surface area contributed by atoms with Crippen molar-refractivity contribution in [2.45, 2.75) is 44.4 Å². The van der Waals surface area contributed by atoms with Crippen LogP contribution in [0, 0.1) is 0 Å². The maximum absolute atomic E-state index is 5.23. The average Bonchev–Trinajstić information content (AvgIpc) is 2.76. The number of nitrogens with zero attached hydrogens (tertiary/aromatic N) is 1. The maximum atomic E-state index is 5.23. The van der Waals surface area contributed by atoms with Crippen molar-refractivity contribution < 1.29 is 9.36 Å². The molecule has 0 spiro atoms. The minimum Gasteiger partial charge on any atom is -0.361 e. The van der Waals surface area contributed by atoms with Crippen LogP contribution in [0.5, 0.6) is 0 Å². The first-order chi connectivity index (χ1) is 7.40. The van der Waals surface area contributed by atoms with Gasteiger partial charge in [0, 0.05) is 18.4 Å². The first-order valence-corrected chi connectivity index (χ1v) is 5.67. The summed E-state index contributed by atoms with van der Waals surface area (Å²) in [5.74, 6) is 6.45. The molecule has 0 radical (unpaired) electrons. The molecule has 1 aromatic rings. The SMILES string of the molecule is NOCCc1cc(C2CCCCC2)no1. The van der Waals surface area contributed by atoms with Crippen molar-refractivity contribution in [2.24, 2.45) is 5.90 Å². The molecule has 1 aliphatic carbocycles. The summed E-state index contributed by atoms with van der Waals surface area (Å²) in [4.78, 5) is 4.51. The Hall–Kier alpha value is -0.870. The van der Waals surface area contributed by atoms with E-state index in [-0.39, 0.29) is 0 Å². The topological polar surface area (TPSA) is 61.3 Å². The molecule has 15 heavy (non-hydrogen) atoms. The summed E-state index contributed by atoms with van der Waals surface area (Å²) in [6, 6.07) is 2.05. The molecule has 0 unspecified atom stereocenters. The fourth-order valence-corrected chi connectivity index (χ4v) is 2.20. The molecule has 1 heterocycles. The zero-order valence-electron chi connectivity index (χ0n) is 8.95. The van der Waals surface area contributed by atoms with Gasteiger partial charge in [0.2, 0.25) is 0 Å². The Morgan fingerprint density at radius 3 is 2.93 bits per heavy atom. The summed E-state index contributed by atoms with van der Waals surface area (Å²) in [7, 11) is 0. The molecular formula is C11H18N2O2. The average molecular weight is 210 g/mol. The monoisotopic (exact) mass is 210 g/mol. The van der Waals surface area contributed by atoms with Crippen LogP contribution in [0.4, 0.5) is 0 Å². The van der Waals surface area contributed by atoms with Crippen LogP contribution in [0.2, 0.25) is 0 Å². The van der Waals surface area contributed by atoms with E-state index in [9.17, 15) is 0 Å². The van der Waals surface area contributed by atoms with Gasteiger partial charge in [-0.15, -0.1) is 0 Å². The molecule has 2 rings (SSSR count). The molecular weight excluding hydrogens is 192 g/mol. The molecule has 0 aromatic carbocycles. The van der Waals surface area contributed by atoms with Gasteiger partial charge >= 0.3 is 0 Å². The molecule has 0 saturated heterocycles. The van der Waals surface area contributed by atoms with Gasteiger partial charge in [0.25, 0.3) is 0 Å². The predicted molar refractivity (Wildman–Crippen MR) is 56.2 cm³/mol. The van der Waals surface area contributed by atoms with Gasteiger partial charge in [0.05, 0.1) is 12.3 Å². The van der Waals surface area contributed by atoms with E-state index < -0.39 is 0 Å². The minimum absolute atomic E-state index is 0.485. The van der Waals surface area contributed by atoms with E-state index in [4.69, 9.17) is 10.4 Å². The molecule has 0 amide bonds. The summed E-state index contributed by atoms with van der Waals surface area (Å²) < 4.78 is 5.23. The predicted octanol–water partition coefficient (Wildman–Crippen LogP) is 2.16. The van der Waals surface area contributed by atoms with Gasteiger partial charge < -0.3 is 9.36 Å². The summed E-state index contributed by atoms with van der Waals surface area (Å²) in [6.45, 7) is 0.485. The fourth-order valence-electron chi connectivity index (χ4n) is 2.20. The van der Waals surface area contributed by atoms with E-state index in [0.717, 1.165) is 11.5 Å². The van der Waals surface area contributed by atoms with Crippen molar-refractivity contribution in [3.63, 3.8) is 0 Å². The van der Waals surface area contributed by atoms with Crippen LogP contribution in [0.3, 0.4) is 0 Å². The summed E-state index contributed by atoms with van der Waals surface area (Å²) in [6.07, 6.45) is 7.20. The summed E-state index contributed by atoms with van der Waals surface area (Å²) in [5.41, 5.74) is 1.11. The third-order valence-electron chi connectivity index (χ3n) is 3.07. The summed E-state index contributed by atoms with van der Waals surface area (Å²) >= 11 is 0. The highest BCUT2D eigenvalue weighted by atomic mass is 16.6. The van der Waals surface area contributed by atoms with Gasteiger partial charge in [-0.3, -0.25) is 0 Å². The first kappa shape index (κ1) is 10.6. The molecule has 4 heteroatoms. The van der Waals surface area contributed by atoms with Gasteiger partial charge in [-0.1, -0.05) is 24.4 Å². The van der Waals surface area contributed by atoms with Crippen molar-refractivity contribution in [3.8, 4) is 0 Å². The lowest BCUT2D eigenvalue weighted by molar-refractivity contribution is 0.135. The second kappa shape index (κ2) is 5.28. The quantitative estimate of drug-likeness (QED) is 0.773. The van der Waals surface area contributed by atoms with Crippen molar-refractivity contribution in [3.05, 3.63) is 17.5 Å². The molecule has 1 saturated carbocycles. The lowest BCUT2D eigenvalue weighted by Gasteiger charge is -2.18. The van der Waals surface area contributed by atoms with Gasteiger partial charge in [0.1, 0.15) is 5.76 Å². The number of hydrogen-bond acceptors (Lipinski definition) is 4. The van der Waals surface area contributed by atoms with Crippen LogP contribution in [-0.2, 0) is 11.3 Å². The van der Waals surface area contributed by atoms with E-state index in [1.807, 2.05) is 0 Å². The Labute approximate surface area is 89.7 Å². The fraction of sp³-hybridized carbons (Fsp3) is 0.727. The number of aromatic nitrogens is 1. The smallest absolute Gasteiger partial charge is 0.139 e. The van der Waals surface area contributed by atoms with E-state index in [1.54, 1.807) is 0 Å². The normalized spacial score (nSPS) is 18.2. The number of nitrogens with two attached hydrogens (primary N) is 1. The number of hydrogen-bond donors (Lipinski definition) is 1. The van der Waals surface area contributed by atoms with E-state index >= 15 is 0 Å². The van der Waals surface area contributed by atoms with E-state index in [2.05, 4.69) is 16.1 Å². The van der Waals surface area contributed by atoms with Crippen molar-refractivity contribution >= 4 is 0 Å². The zero-order valence-corrected chi connectivity index (χ0v) is 8.95. The van der Waals surface area contributed by atoms with Gasteiger partial charge in [-0.25, -0.2) is 5.90 Å². The second-order valence-corrected chi connectivity index (χ2v) is 4.17. The Morgan fingerprint density at radius 1 is 1.40 bits per heavy atom. The van der Waals surface area contributed by atoms with Gasteiger partial charge in [-0.05, 0) is 12.8 Å². The van der Waals surface area contributed by atoms with Crippen LogP contribution in [0.15, 0.2) is 10.6 Å². The molecule has 0 atom stereocenters. The van der Waals surface area contributed by atoms with Crippen molar-refractivity contribution in [1.29, 1.82) is 0 Å². The standard InChI is InChI=1S/C11H18N2O2/c12-14-7-6-10-8-11(13-15-10)9-4-2-1-3-5-9/h8-9H,1-7,12H2. The van der Waals surface area contributed by atoms with Crippen LogP contribution in [0.25, 0.3) is 0 Å². The highest BCUT2D eigenvalue weighted by Crippen LogP contribution is 2.32. The third kappa shape index (κ3) is 2.79. The molecule has 0 aliphatic heterocycles. The molecule has 1 aromatic heterocycles. The maximum Gasteiger partial charge on any atom is 0.139 e. The number of rotatable bonds is 4. The Balaban J connectivity index is 1.93. The van der Waals surface area contributed by atoms with Crippen LogP contribution in [-0.4, -0.2) is 11.8 Å². The Morgan fingerprint density at radius 2 is 2.20 bits per heavy atom. The molecule has 4 nitrogen and oxygen atoms in total. The van der Waals surface area contributed by atoms with Crippen LogP contribution in [0.1, 0.15) is 49.5 Å². The van der Waals surface area contributed by atoms with Crippen LogP contribution < -0.4 is 5.90 Å². The summed E-state index contributed by atoms with van der Waals surface area (Å²) in [5, 5.41) is 4.12. The van der Waals surface area contributed by atoms with E-state index in [0.29, 0.717) is 18.9 Å². The lowest BCUT2D eigenvalue weighted by atomic mass is 9.87. The molecule has 2 N–H and O–H groups in total. The molecule has 1 aliphatic rings. The Kier molecular flexibility index (Phi) is 3.75. The second-order valence-electron chi connectivity index (χ2n) is 4.17. The Bertz CT molecular complexity index is 293. The van der Waals surface area contributed by atoms with Crippen molar-refractivity contribution in [2.75, 3.05) is 6.61 Å².